The number of para-hydroxylation sites is 6. The second kappa shape index (κ2) is 28.1. The van der Waals surface area contributed by atoms with Gasteiger partial charge in [0.25, 0.3) is 0 Å². The average molecular weight is 1190 g/mol. The van der Waals surface area contributed by atoms with Crippen molar-refractivity contribution in [3.63, 3.8) is 0 Å². The number of nitrogens with zero attached hydrogens (tertiary/aromatic N) is 3. The highest BCUT2D eigenvalue weighted by atomic mass is 31.3. The van der Waals surface area contributed by atoms with Crippen LogP contribution in [0, 0.1) is 0 Å². The van der Waals surface area contributed by atoms with Crippen molar-refractivity contribution in [2.45, 2.75) is 62.6 Å². The van der Waals surface area contributed by atoms with Crippen LogP contribution in [0.3, 0.4) is 0 Å². The zero-order valence-electron chi connectivity index (χ0n) is 46.2. The van der Waals surface area contributed by atoms with Crippen LogP contribution in [0.25, 0.3) is 0 Å². The van der Waals surface area contributed by atoms with Crippen molar-refractivity contribution in [1.29, 1.82) is 0 Å². The van der Waals surface area contributed by atoms with E-state index in [1.165, 1.54) is 0 Å². The maximum absolute atomic E-state index is 7.57. The molecule has 0 radical (unpaired) electrons. The summed E-state index contributed by atoms with van der Waals surface area (Å²) in [7, 11) is -13.1. The summed E-state index contributed by atoms with van der Waals surface area (Å²) < 4.78 is 120. The lowest BCUT2D eigenvalue weighted by atomic mass is 10.1. The van der Waals surface area contributed by atoms with Gasteiger partial charge in [0.2, 0.25) is 0 Å². The second-order valence-electron chi connectivity index (χ2n) is 20.5. The molecule has 12 rings (SSSR count). The molecule has 19 nitrogen and oxygen atoms in total. The zero-order chi connectivity index (χ0) is 56.0. The molecule has 6 unspecified atom stereocenters. The van der Waals surface area contributed by atoms with Crippen LogP contribution < -0.4 is 27.1 Å². The van der Waals surface area contributed by atoms with Gasteiger partial charge in [-0.05, 0) is 102 Å². The number of benzene rings is 6. The van der Waals surface area contributed by atoms with Gasteiger partial charge >= 0.3 is 23.0 Å². The molecule has 6 aromatic carbocycles. The fourth-order valence-electron chi connectivity index (χ4n) is 8.82. The SMILES string of the molecule is c1ccc(OP2(Oc3ccccc3CCOCC3CO3)=NP(Oc3ccccc3CCOCC3CO3)(Oc3ccccc3CCOCC3CO3)=NP(Oc3ccccc3CCOCC3CO3)(Oc3ccccc3CCOCC3CO3)=N2)cc1. The highest BCUT2D eigenvalue weighted by molar-refractivity contribution is 7.79. The van der Waals surface area contributed by atoms with Gasteiger partial charge in [-0.3, -0.25) is 0 Å². The molecule has 440 valence electrons. The summed E-state index contributed by atoms with van der Waals surface area (Å²) >= 11 is 0. The summed E-state index contributed by atoms with van der Waals surface area (Å²) in [5.74, 6) is 2.60. The lowest BCUT2D eigenvalue weighted by molar-refractivity contribution is 0.119. The third-order valence-electron chi connectivity index (χ3n) is 13.7. The smallest absolute Gasteiger partial charge is 0.413 e. The lowest BCUT2D eigenvalue weighted by Gasteiger charge is -2.34. The first kappa shape index (κ1) is 57.8. The summed E-state index contributed by atoms with van der Waals surface area (Å²) in [5, 5.41) is 0. The number of epoxide rings is 5. The Kier molecular flexibility index (Phi) is 19.6. The first-order valence-corrected chi connectivity index (χ1v) is 33.0. The molecule has 0 N–H and O–H groups in total. The summed E-state index contributed by atoms with van der Waals surface area (Å²) in [6.45, 7) is 7.81. The van der Waals surface area contributed by atoms with Crippen molar-refractivity contribution in [2.24, 2.45) is 13.5 Å². The minimum atomic E-state index is -4.39. The molecular weight excluding hydrogens is 1120 g/mol. The Balaban J connectivity index is 1.06. The van der Waals surface area contributed by atoms with Gasteiger partial charge in [-0.25, -0.2) is 0 Å². The molecule has 0 aliphatic carbocycles. The molecule has 6 aliphatic rings. The summed E-state index contributed by atoms with van der Waals surface area (Å²) in [6.07, 6.45) is 2.87. The lowest BCUT2D eigenvalue weighted by Crippen LogP contribution is -2.14. The van der Waals surface area contributed by atoms with Gasteiger partial charge in [-0.15, -0.1) is 0 Å². The van der Waals surface area contributed by atoms with Gasteiger partial charge in [0.1, 0.15) is 65.0 Å². The van der Waals surface area contributed by atoms with Crippen LogP contribution in [0.4, 0.5) is 0 Å². The molecule has 22 heteroatoms. The van der Waals surface area contributed by atoms with Crippen LogP contribution in [0.1, 0.15) is 27.8 Å². The predicted molar refractivity (Wildman–Crippen MR) is 312 cm³/mol. The summed E-state index contributed by atoms with van der Waals surface area (Å²) in [5.41, 5.74) is 4.07. The van der Waals surface area contributed by atoms with Crippen LogP contribution in [0.15, 0.2) is 165 Å². The number of hydrogen-bond donors (Lipinski definition) is 0. The Hall–Kier alpha value is -5.59. The Morgan fingerprint density at radius 1 is 0.289 bits per heavy atom. The van der Waals surface area contributed by atoms with Crippen molar-refractivity contribution < 1.29 is 74.5 Å². The van der Waals surface area contributed by atoms with Gasteiger partial charge in [0, 0.05) is 0 Å². The van der Waals surface area contributed by atoms with E-state index in [9.17, 15) is 0 Å². The van der Waals surface area contributed by atoms with Crippen molar-refractivity contribution in [2.75, 3.05) is 99.1 Å². The minimum Gasteiger partial charge on any atom is -0.413 e. The first-order valence-electron chi connectivity index (χ1n) is 28.4. The number of rotatable bonds is 37. The molecule has 0 bridgehead atoms. The van der Waals surface area contributed by atoms with Crippen LogP contribution in [-0.2, 0) is 79.5 Å². The molecule has 0 spiro atoms. The minimum absolute atomic E-state index is 0.0963. The highest BCUT2D eigenvalue weighted by Crippen LogP contribution is 2.79. The van der Waals surface area contributed by atoms with E-state index in [0.29, 0.717) is 166 Å². The van der Waals surface area contributed by atoms with Gasteiger partial charge in [-0.2, -0.15) is 0 Å². The van der Waals surface area contributed by atoms with Crippen LogP contribution in [0.5, 0.6) is 34.5 Å². The highest BCUT2D eigenvalue weighted by Gasteiger charge is 2.50. The van der Waals surface area contributed by atoms with E-state index < -0.39 is 23.0 Å². The van der Waals surface area contributed by atoms with Gasteiger partial charge in [0.15, 0.2) is 0 Å². The molecule has 6 aromatic rings. The third-order valence-corrected chi connectivity index (χ3v) is 21.8. The van der Waals surface area contributed by atoms with Crippen molar-refractivity contribution in [3.8, 4) is 34.5 Å². The largest absolute Gasteiger partial charge is 0.460 e. The maximum Gasteiger partial charge on any atom is 0.460 e. The number of ether oxygens (including phenoxy) is 10. The summed E-state index contributed by atoms with van der Waals surface area (Å²) in [4.78, 5) is 0. The molecule has 5 saturated heterocycles. The fourth-order valence-corrected chi connectivity index (χ4v) is 18.1. The van der Waals surface area contributed by atoms with E-state index in [2.05, 4.69) is 0 Å². The first-order chi connectivity index (χ1) is 40.9. The van der Waals surface area contributed by atoms with E-state index in [-0.39, 0.29) is 30.5 Å². The van der Waals surface area contributed by atoms with Crippen LogP contribution >= 0.6 is 23.0 Å². The maximum atomic E-state index is 7.57. The molecule has 0 amide bonds. The van der Waals surface area contributed by atoms with Gasteiger partial charge in [0.05, 0.1) is 99.1 Å². The van der Waals surface area contributed by atoms with E-state index in [1.807, 2.05) is 152 Å². The van der Waals surface area contributed by atoms with E-state index in [1.54, 1.807) is 0 Å². The molecule has 83 heavy (non-hydrogen) atoms. The normalized spacial score (nSPS) is 25.2. The van der Waals surface area contributed by atoms with E-state index in [4.69, 9.17) is 88.1 Å². The quantitative estimate of drug-likeness (QED) is 0.0202. The van der Waals surface area contributed by atoms with Crippen LogP contribution in [-0.4, -0.2) is 130 Å². The number of hydrogen-bond acceptors (Lipinski definition) is 19. The molecular formula is C61H70N3O16P3. The predicted octanol–water partition coefficient (Wildman–Crippen LogP) is 12.1. The standard InChI is InChI=1S/C61H70N3O16P3/c1-2-19-51(20-3-1)75-81(76-57-21-9-4-14-46(57)26-31-65-36-52-41-70-52)62-82(77-58-22-10-5-15-47(58)27-32-66-37-53-42-71-53,78-59-23-11-6-16-48(59)28-33-67-38-54-43-72-54)64-83(63-81,79-60-24-12-7-17-49(60)29-34-68-39-55-44-73-55)80-61-25-13-8-18-50(61)30-35-69-40-56-45-74-56/h1-25,52-56H,26-45H2. The van der Waals surface area contributed by atoms with Crippen molar-refractivity contribution in [1.82, 2.24) is 0 Å². The third kappa shape index (κ3) is 17.5. The molecule has 0 aromatic heterocycles. The van der Waals surface area contributed by atoms with E-state index >= 15 is 0 Å². The topological polar surface area (TPSA) is 201 Å². The summed E-state index contributed by atoms with van der Waals surface area (Å²) in [6, 6.07) is 48.0. The van der Waals surface area contributed by atoms with Crippen molar-refractivity contribution in [3.05, 3.63) is 179 Å². The fraction of sp³-hybridized carbons (Fsp3) is 0.410. The average Bonchev–Trinajstić information content (AvgIpc) is 2.90. The second-order valence-corrected chi connectivity index (χ2v) is 26.7. The molecule has 5 fully saturated rings. The Morgan fingerprint density at radius 2 is 0.506 bits per heavy atom. The van der Waals surface area contributed by atoms with Crippen molar-refractivity contribution >= 4 is 23.0 Å². The monoisotopic (exact) mass is 1190 g/mol. The Labute approximate surface area is 484 Å². The molecule has 6 heterocycles. The van der Waals surface area contributed by atoms with E-state index in [0.717, 1.165) is 27.8 Å². The molecule has 6 aliphatic heterocycles. The van der Waals surface area contributed by atoms with Gasteiger partial charge < -0.3 is 74.5 Å². The Morgan fingerprint density at radius 3 is 0.747 bits per heavy atom. The molecule has 6 atom stereocenters. The zero-order valence-corrected chi connectivity index (χ0v) is 48.9. The van der Waals surface area contributed by atoms with Gasteiger partial charge in [-0.1, -0.05) is 123 Å². The van der Waals surface area contributed by atoms with Crippen LogP contribution in [0.2, 0.25) is 0 Å². The Bertz CT molecular complexity index is 2990. The molecule has 0 saturated carbocycles.